The predicted molar refractivity (Wildman–Crippen MR) is 113 cm³/mol. The van der Waals surface area contributed by atoms with Crippen LogP contribution in [0.25, 0.3) is 10.2 Å². The van der Waals surface area contributed by atoms with Crippen LogP contribution in [0.5, 0.6) is 5.75 Å². The van der Waals surface area contributed by atoms with Gasteiger partial charge in [-0.05, 0) is 49.7 Å². The Labute approximate surface area is 167 Å². The molecular weight excluding hydrogens is 374 g/mol. The van der Waals surface area contributed by atoms with Crippen LogP contribution < -0.4 is 15.4 Å². The van der Waals surface area contributed by atoms with Gasteiger partial charge in [-0.15, -0.1) is 0 Å². The van der Waals surface area contributed by atoms with Crippen molar-refractivity contribution in [2.24, 2.45) is 0 Å². The lowest BCUT2D eigenvalue weighted by atomic mass is 10.2. The van der Waals surface area contributed by atoms with Gasteiger partial charge < -0.3 is 15.4 Å². The zero-order valence-corrected chi connectivity index (χ0v) is 16.9. The monoisotopic (exact) mass is 397 g/mol. The normalized spacial score (nSPS) is 11.8. The zero-order chi connectivity index (χ0) is 20.1. The van der Waals surface area contributed by atoms with Gasteiger partial charge in [0.05, 0.1) is 16.3 Å². The fourth-order valence-corrected chi connectivity index (χ4v) is 3.41. The molecule has 146 valence electrons. The van der Waals surface area contributed by atoms with E-state index in [1.165, 1.54) is 11.3 Å². The average molecular weight is 398 g/mol. The fraction of sp³-hybridized carbons (Fsp3) is 0.286. The lowest BCUT2D eigenvalue weighted by Crippen LogP contribution is -2.13. The summed E-state index contributed by atoms with van der Waals surface area (Å²) in [4.78, 5) is 28.5. The molecule has 0 aliphatic heterocycles. The van der Waals surface area contributed by atoms with Gasteiger partial charge in [0.15, 0.2) is 5.13 Å². The highest BCUT2D eigenvalue weighted by Crippen LogP contribution is 2.29. The van der Waals surface area contributed by atoms with Gasteiger partial charge in [0.2, 0.25) is 5.91 Å². The highest BCUT2D eigenvalue weighted by atomic mass is 32.1. The quantitative estimate of drug-likeness (QED) is 0.583. The summed E-state index contributed by atoms with van der Waals surface area (Å²) in [5.74, 6) is 0.390. The summed E-state index contributed by atoms with van der Waals surface area (Å²) in [7, 11) is 0. The Bertz CT molecular complexity index is 999. The Balaban J connectivity index is 1.74. The van der Waals surface area contributed by atoms with Crippen molar-refractivity contribution in [3.63, 3.8) is 0 Å². The van der Waals surface area contributed by atoms with Crippen molar-refractivity contribution in [3.8, 4) is 5.75 Å². The molecule has 0 unspecified atom stereocenters. The molecule has 28 heavy (non-hydrogen) atoms. The maximum atomic E-state index is 12.6. The second-order valence-corrected chi connectivity index (χ2v) is 7.45. The van der Waals surface area contributed by atoms with Crippen molar-refractivity contribution < 1.29 is 14.3 Å². The Hall–Kier alpha value is -2.93. The second kappa shape index (κ2) is 8.84. The van der Waals surface area contributed by atoms with Gasteiger partial charge in [0, 0.05) is 17.7 Å². The van der Waals surface area contributed by atoms with Crippen molar-refractivity contribution in [1.82, 2.24) is 4.98 Å². The van der Waals surface area contributed by atoms with Crippen LogP contribution in [0.4, 0.5) is 10.8 Å². The van der Waals surface area contributed by atoms with Gasteiger partial charge >= 0.3 is 0 Å². The number of carbonyl (C=O) groups excluding carboxylic acids is 2. The van der Waals surface area contributed by atoms with Crippen LogP contribution in [-0.2, 0) is 4.79 Å². The number of amides is 2. The molecule has 0 saturated carbocycles. The summed E-state index contributed by atoms with van der Waals surface area (Å²) in [5, 5.41) is 6.22. The highest BCUT2D eigenvalue weighted by Gasteiger charge is 2.11. The summed E-state index contributed by atoms with van der Waals surface area (Å²) in [6.45, 7) is 5.84. The van der Waals surface area contributed by atoms with Crippen molar-refractivity contribution in [2.45, 2.75) is 39.7 Å². The van der Waals surface area contributed by atoms with Crippen molar-refractivity contribution in [1.29, 1.82) is 0 Å². The number of anilines is 2. The molecule has 2 amide bonds. The van der Waals surface area contributed by atoms with Gasteiger partial charge in [0.1, 0.15) is 5.75 Å². The number of thiazole rings is 1. The lowest BCUT2D eigenvalue weighted by Gasteiger charge is -2.13. The van der Waals surface area contributed by atoms with Gasteiger partial charge in [-0.1, -0.05) is 31.3 Å². The Morgan fingerprint density at radius 1 is 1.14 bits per heavy atom. The predicted octanol–water partition coefficient (Wildman–Crippen LogP) is 5.07. The maximum Gasteiger partial charge on any atom is 0.255 e. The van der Waals surface area contributed by atoms with Crippen molar-refractivity contribution in [2.75, 3.05) is 10.6 Å². The number of nitrogens with one attached hydrogen (secondary N) is 2. The third-order valence-electron chi connectivity index (χ3n) is 4.22. The van der Waals surface area contributed by atoms with E-state index < -0.39 is 0 Å². The van der Waals surface area contributed by atoms with Gasteiger partial charge in [-0.2, -0.15) is 0 Å². The number of aromatic nitrogens is 1. The number of hydrogen-bond donors (Lipinski definition) is 2. The van der Waals surface area contributed by atoms with E-state index in [2.05, 4.69) is 22.5 Å². The average Bonchev–Trinajstić information content (AvgIpc) is 3.09. The molecule has 1 aromatic heterocycles. The van der Waals surface area contributed by atoms with Crippen LogP contribution in [0.3, 0.4) is 0 Å². The van der Waals surface area contributed by atoms with Gasteiger partial charge in [-0.25, -0.2) is 4.98 Å². The molecule has 0 saturated heterocycles. The molecule has 3 aromatic rings. The topological polar surface area (TPSA) is 80.3 Å². The molecule has 6 nitrogen and oxygen atoms in total. The molecule has 0 radical (unpaired) electrons. The van der Waals surface area contributed by atoms with Crippen LogP contribution in [0.15, 0.2) is 42.5 Å². The van der Waals surface area contributed by atoms with E-state index in [0.717, 1.165) is 16.6 Å². The minimum Gasteiger partial charge on any atom is -0.491 e. The standard InChI is InChI=1S/C21H23N3O3S/c1-4-13(3)27-16-8-6-7-14(11-16)20(26)22-15-9-10-17-18(12-15)28-21(23-17)24-19(25)5-2/h6-13H,4-5H2,1-3H3,(H,22,26)(H,23,24,25)/t13-/m0/s1. The van der Waals surface area contributed by atoms with E-state index >= 15 is 0 Å². The first-order valence-corrected chi connectivity index (χ1v) is 10.1. The lowest BCUT2D eigenvalue weighted by molar-refractivity contribution is -0.115. The minimum absolute atomic E-state index is 0.0768. The molecule has 0 fully saturated rings. The minimum atomic E-state index is -0.210. The Morgan fingerprint density at radius 2 is 1.96 bits per heavy atom. The number of benzene rings is 2. The first kappa shape index (κ1) is 19.8. The molecule has 0 spiro atoms. The number of nitrogens with zero attached hydrogens (tertiary/aromatic N) is 1. The summed E-state index contributed by atoms with van der Waals surface area (Å²) in [5.41, 5.74) is 1.97. The van der Waals surface area contributed by atoms with E-state index in [4.69, 9.17) is 4.74 Å². The number of ether oxygens (including phenoxy) is 1. The first-order chi connectivity index (χ1) is 13.5. The Kier molecular flexibility index (Phi) is 6.26. The molecule has 0 bridgehead atoms. The number of rotatable bonds is 7. The molecule has 0 aliphatic carbocycles. The van der Waals surface area contributed by atoms with E-state index in [1.54, 1.807) is 25.1 Å². The smallest absolute Gasteiger partial charge is 0.255 e. The number of hydrogen-bond acceptors (Lipinski definition) is 5. The van der Waals surface area contributed by atoms with Crippen LogP contribution in [0, 0.1) is 0 Å². The maximum absolute atomic E-state index is 12.6. The summed E-state index contributed by atoms with van der Waals surface area (Å²) < 4.78 is 6.67. The van der Waals surface area contributed by atoms with Crippen LogP contribution in [-0.4, -0.2) is 22.9 Å². The van der Waals surface area contributed by atoms with E-state index in [1.807, 2.05) is 31.2 Å². The molecular formula is C21H23N3O3S. The van der Waals surface area contributed by atoms with Gasteiger partial charge in [-0.3, -0.25) is 9.59 Å². The molecule has 2 aromatic carbocycles. The van der Waals surface area contributed by atoms with Crippen molar-refractivity contribution >= 4 is 44.2 Å². The SMILES string of the molecule is CCC(=O)Nc1nc2ccc(NC(=O)c3cccc(O[C@@H](C)CC)c3)cc2s1. The number of carbonyl (C=O) groups is 2. The zero-order valence-electron chi connectivity index (χ0n) is 16.1. The largest absolute Gasteiger partial charge is 0.491 e. The second-order valence-electron chi connectivity index (χ2n) is 6.42. The van der Waals surface area contributed by atoms with E-state index in [0.29, 0.717) is 28.6 Å². The summed E-state index contributed by atoms with van der Waals surface area (Å²) >= 11 is 1.38. The van der Waals surface area contributed by atoms with Gasteiger partial charge in [0.25, 0.3) is 5.91 Å². The number of fused-ring (bicyclic) bond motifs is 1. The first-order valence-electron chi connectivity index (χ1n) is 9.27. The van der Waals surface area contributed by atoms with E-state index in [-0.39, 0.29) is 17.9 Å². The molecule has 1 atom stereocenters. The molecule has 3 rings (SSSR count). The highest BCUT2D eigenvalue weighted by molar-refractivity contribution is 7.22. The fourth-order valence-electron chi connectivity index (χ4n) is 2.49. The molecule has 0 aliphatic rings. The molecule has 2 N–H and O–H groups in total. The van der Waals surface area contributed by atoms with E-state index in [9.17, 15) is 9.59 Å². The van der Waals surface area contributed by atoms with Crippen molar-refractivity contribution in [3.05, 3.63) is 48.0 Å². The summed E-state index contributed by atoms with van der Waals surface area (Å²) in [6.07, 6.45) is 1.39. The molecule has 7 heteroatoms. The third kappa shape index (κ3) is 4.86. The van der Waals surface area contributed by atoms with Crippen LogP contribution in [0.1, 0.15) is 44.0 Å². The summed E-state index contributed by atoms with van der Waals surface area (Å²) in [6, 6.07) is 12.6. The van der Waals surface area contributed by atoms with Crippen LogP contribution in [0.2, 0.25) is 0 Å². The van der Waals surface area contributed by atoms with Crippen LogP contribution >= 0.6 is 11.3 Å². The Morgan fingerprint density at radius 3 is 2.71 bits per heavy atom. The molecule has 1 heterocycles. The third-order valence-corrected chi connectivity index (χ3v) is 5.16.